The van der Waals surface area contributed by atoms with E-state index < -0.39 is 27.4 Å². The molecule has 1 aliphatic heterocycles. The third kappa shape index (κ3) is 7.03. The maximum atomic E-state index is 13.6. The maximum Gasteiger partial charge on any atom is 0.419 e. The zero-order valence-electron chi connectivity index (χ0n) is 18.9. The van der Waals surface area contributed by atoms with Crippen LogP contribution in [0.5, 0.6) is 0 Å². The van der Waals surface area contributed by atoms with E-state index in [0.29, 0.717) is 32.4 Å². The van der Waals surface area contributed by atoms with E-state index in [1.54, 1.807) is 13.8 Å². The molecule has 0 saturated carbocycles. The molecule has 1 aliphatic rings. The van der Waals surface area contributed by atoms with Gasteiger partial charge in [-0.3, -0.25) is 4.68 Å². The Kier molecular flexibility index (Phi) is 8.10. The number of aromatic nitrogens is 4. The zero-order valence-corrected chi connectivity index (χ0v) is 20.5. The van der Waals surface area contributed by atoms with Gasteiger partial charge in [0.2, 0.25) is 16.0 Å². The van der Waals surface area contributed by atoms with Crippen molar-refractivity contribution in [2.75, 3.05) is 30.0 Å². The van der Waals surface area contributed by atoms with Crippen LogP contribution in [0.15, 0.2) is 18.6 Å². The van der Waals surface area contributed by atoms with Crippen LogP contribution in [-0.4, -0.2) is 73.9 Å². The van der Waals surface area contributed by atoms with E-state index in [9.17, 15) is 26.7 Å². The lowest BCUT2D eigenvalue weighted by Gasteiger charge is -2.31. The number of aliphatic hydroxyl groups is 1. The van der Waals surface area contributed by atoms with Crippen molar-refractivity contribution in [1.29, 1.82) is 0 Å². The average molecular weight is 525 g/mol. The molecule has 34 heavy (non-hydrogen) atoms. The van der Waals surface area contributed by atoms with Crippen LogP contribution < -0.4 is 5.32 Å². The van der Waals surface area contributed by atoms with E-state index in [-0.39, 0.29) is 41.4 Å². The van der Waals surface area contributed by atoms with Crippen LogP contribution in [-0.2, 0) is 22.7 Å². The smallest absolute Gasteiger partial charge is 0.389 e. The van der Waals surface area contributed by atoms with Gasteiger partial charge in [0.25, 0.3) is 0 Å². The fourth-order valence-corrected chi connectivity index (χ4v) is 5.50. The van der Waals surface area contributed by atoms with Crippen LogP contribution in [0.4, 0.5) is 19.1 Å². The fraction of sp³-hybridized carbons (Fsp3) is 0.650. The van der Waals surface area contributed by atoms with Gasteiger partial charge >= 0.3 is 6.18 Å². The van der Waals surface area contributed by atoms with E-state index >= 15 is 0 Å². The second-order valence-electron chi connectivity index (χ2n) is 8.87. The van der Waals surface area contributed by atoms with Crippen molar-refractivity contribution in [3.63, 3.8) is 0 Å². The summed E-state index contributed by atoms with van der Waals surface area (Å²) in [5.41, 5.74) is -2.28. The summed E-state index contributed by atoms with van der Waals surface area (Å²) in [7, 11) is -3.38. The Balaban J connectivity index is 1.76. The third-order valence-corrected chi connectivity index (χ3v) is 7.49. The molecule has 0 radical (unpaired) electrons. The molecule has 2 N–H and O–H groups in total. The third-order valence-electron chi connectivity index (χ3n) is 5.27. The Hall–Kier alpha value is -1.96. The first-order valence-corrected chi connectivity index (χ1v) is 12.9. The topological polar surface area (TPSA) is 113 Å². The number of nitrogens with zero attached hydrogens (tertiary/aromatic N) is 5. The molecule has 1 saturated heterocycles. The van der Waals surface area contributed by atoms with Gasteiger partial charge in [0.1, 0.15) is 5.56 Å². The first-order valence-electron chi connectivity index (χ1n) is 10.8. The molecule has 190 valence electrons. The molecular formula is C20H28ClF3N6O3S. The summed E-state index contributed by atoms with van der Waals surface area (Å²) in [4.78, 5) is 7.96. The number of anilines is 1. The molecule has 9 nitrogen and oxygen atoms in total. The fourth-order valence-electron chi connectivity index (χ4n) is 3.67. The van der Waals surface area contributed by atoms with E-state index in [4.69, 9.17) is 11.6 Å². The summed E-state index contributed by atoms with van der Waals surface area (Å²) in [6, 6.07) is -0.193. The van der Waals surface area contributed by atoms with Crippen LogP contribution in [0.25, 0.3) is 11.3 Å². The second-order valence-corrected chi connectivity index (χ2v) is 11.3. The van der Waals surface area contributed by atoms with E-state index in [0.717, 1.165) is 6.20 Å². The number of sulfonamides is 1. The highest BCUT2D eigenvalue weighted by Gasteiger charge is 2.36. The molecule has 0 aliphatic carbocycles. The molecule has 2 aromatic rings. The van der Waals surface area contributed by atoms with Crippen molar-refractivity contribution in [1.82, 2.24) is 24.1 Å². The number of hydrogen-bond donors (Lipinski definition) is 2. The monoisotopic (exact) mass is 524 g/mol. The number of halogens is 4. The van der Waals surface area contributed by atoms with Gasteiger partial charge in [-0.2, -0.15) is 18.3 Å². The van der Waals surface area contributed by atoms with Crippen molar-refractivity contribution < 1.29 is 26.7 Å². The number of nitrogens with one attached hydrogen (secondary N) is 1. The molecule has 14 heteroatoms. The largest absolute Gasteiger partial charge is 0.419 e. The van der Waals surface area contributed by atoms with Crippen molar-refractivity contribution in [2.24, 2.45) is 0 Å². The Morgan fingerprint density at radius 1 is 1.24 bits per heavy atom. The Labute approximate surface area is 201 Å². The number of piperidine rings is 1. The van der Waals surface area contributed by atoms with Crippen LogP contribution in [0.2, 0.25) is 0 Å². The molecule has 3 rings (SSSR count). The van der Waals surface area contributed by atoms with Gasteiger partial charge in [0, 0.05) is 43.0 Å². The maximum absolute atomic E-state index is 13.6. The molecule has 0 atom stereocenters. The predicted octanol–water partition coefficient (Wildman–Crippen LogP) is 2.96. The highest BCUT2D eigenvalue weighted by molar-refractivity contribution is 7.89. The number of hydrogen-bond acceptors (Lipinski definition) is 7. The molecule has 1 fully saturated rings. The summed E-state index contributed by atoms with van der Waals surface area (Å²) >= 11 is 5.59. The van der Waals surface area contributed by atoms with Crippen LogP contribution in [0, 0.1) is 0 Å². The van der Waals surface area contributed by atoms with Gasteiger partial charge < -0.3 is 10.4 Å². The van der Waals surface area contributed by atoms with Crippen molar-refractivity contribution in [2.45, 2.75) is 57.5 Å². The van der Waals surface area contributed by atoms with Crippen molar-refractivity contribution >= 4 is 27.6 Å². The van der Waals surface area contributed by atoms with Crippen LogP contribution in [0.3, 0.4) is 0 Å². The molecule has 0 amide bonds. The van der Waals surface area contributed by atoms with Gasteiger partial charge in [-0.1, -0.05) is 0 Å². The first-order chi connectivity index (χ1) is 15.8. The number of rotatable bonds is 9. The van der Waals surface area contributed by atoms with Crippen LogP contribution in [0.1, 0.15) is 38.7 Å². The van der Waals surface area contributed by atoms with Gasteiger partial charge in [0.15, 0.2) is 0 Å². The first kappa shape index (κ1) is 26.6. The summed E-state index contributed by atoms with van der Waals surface area (Å²) in [5.74, 6) is 0.268. The highest BCUT2D eigenvalue weighted by Crippen LogP contribution is 2.36. The summed E-state index contributed by atoms with van der Waals surface area (Å²) in [6.07, 6.45) is 0.00274. The predicted molar refractivity (Wildman–Crippen MR) is 122 cm³/mol. The SMILES string of the molecule is CC(C)(O)Cn1cc(-c2nc(NC3CCN(S(=O)(=O)CCCCl)CC3)ncc2C(F)(F)F)cn1. The zero-order chi connectivity index (χ0) is 25.1. The van der Waals surface area contributed by atoms with E-state index in [1.807, 2.05) is 0 Å². The molecule has 2 aromatic heterocycles. The quantitative estimate of drug-likeness (QED) is 0.485. The molecule has 0 aromatic carbocycles. The normalized spacial score (nSPS) is 16.7. The molecular weight excluding hydrogens is 497 g/mol. The van der Waals surface area contributed by atoms with E-state index in [2.05, 4.69) is 20.4 Å². The van der Waals surface area contributed by atoms with Crippen molar-refractivity contribution in [3.8, 4) is 11.3 Å². The molecule has 0 unspecified atom stereocenters. The number of alkyl halides is 4. The molecule has 0 spiro atoms. The lowest BCUT2D eigenvalue weighted by Crippen LogP contribution is -2.43. The highest BCUT2D eigenvalue weighted by atomic mass is 35.5. The standard InChI is InChI=1S/C20H28ClF3N6O3S/c1-19(2,31)13-29-12-14(10-26-29)17-16(20(22,23)24)11-25-18(28-17)27-15-4-7-30(8-5-15)34(32,33)9-3-6-21/h10-12,15,31H,3-9,13H2,1-2H3,(H,25,27,28). The van der Waals surface area contributed by atoms with Gasteiger partial charge in [-0.15, -0.1) is 11.6 Å². The van der Waals surface area contributed by atoms with Crippen molar-refractivity contribution in [3.05, 3.63) is 24.2 Å². The van der Waals surface area contributed by atoms with Gasteiger partial charge in [-0.05, 0) is 33.1 Å². The summed E-state index contributed by atoms with van der Waals surface area (Å²) < 4.78 is 68.2. The minimum absolute atomic E-state index is 0.0128. The van der Waals surface area contributed by atoms with Crippen LogP contribution >= 0.6 is 11.6 Å². The summed E-state index contributed by atoms with van der Waals surface area (Å²) in [5, 5.41) is 17.0. The molecule has 3 heterocycles. The minimum atomic E-state index is -4.67. The van der Waals surface area contributed by atoms with Gasteiger partial charge in [0.05, 0.1) is 29.8 Å². The van der Waals surface area contributed by atoms with E-state index in [1.165, 1.54) is 21.4 Å². The summed E-state index contributed by atoms with van der Waals surface area (Å²) in [6.45, 7) is 3.81. The Bertz CT molecular complexity index is 1080. The average Bonchev–Trinajstić information content (AvgIpc) is 3.18. The second kappa shape index (κ2) is 10.3. The van der Waals surface area contributed by atoms with Gasteiger partial charge in [-0.25, -0.2) is 22.7 Å². The Morgan fingerprint density at radius 3 is 2.50 bits per heavy atom. The minimum Gasteiger partial charge on any atom is -0.389 e. The lowest BCUT2D eigenvalue weighted by molar-refractivity contribution is -0.137. The molecule has 0 bridgehead atoms. The lowest BCUT2D eigenvalue weighted by atomic mass is 10.1. The Morgan fingerprint density at radius 2 is 1.91 bits per heavy atom.